The third-order valence-corrected chi connectivity index (χ3v) is 7.12. The molecule has 1 fully saturated rings. The molecule has 2 atom stereocenters. The number of aromatic nitrogens is 1. The summed E-state index contributed by atoms with van der Waals surface area (Å²) in [4.78, 5) is 27.9. The van der Waals surface area contributed by atoms with Gasteiger partial charge in [-0.15, -0.1) is 0 Å². The van der Waals surface area contributed by atoms with Crippen LogP contribution in [0.2, 0.25) is 0 Å². The van der Waals surface area contributed by atoms with Gasteiger partial charge in [0.1, 0.15) is 23.8 Å². The number of carbonyl (C=O) groups excluding carboxylic acids is 2. The summed E-state index contributed by atoms with van der Waals surface area (Å²) in [5.74, 6) is 2.46. The second kappa shape index (κ2) is 8.82. The molecular formula is C25H24N2O4S. The Balaban J connectivity index is 1.21. The molecular weight excluding hydrogens is 424 g/mol. The quantitative estimate of drug-likeness (QED) is 0.567. The minimum absolute atomic E-state index is 0.145. The lowest BCUT2D eigenvalue weighted by molar-refractivity contribution is -0.119. The fourth-order valence-corrected chi connectivity index (χ4v) is 5.32. The van der Waals surface area contributed by atoms with E-state index in [4.69, 9.17) is 9.15 Å². The Morgan fingerprint density at radius 3 is 2.78 bits per heavy atom. The number of carbonyl (C=O) groups is 2. The molecule has 0 saturated carbocycles. The van der Waals surface area contributed by atoms with Crippen molar-refractivity contribution in [3.05, 3.63) is 71.1 Å². The molecule has 1 aliphatic carbocycles. The van der Waals surface area contributed by atoms with Gasteiger partial charge in [0, 0.05) is 5.56 Å². The lowest BCUT2D eigenvalue weighted by Gasteiger charge is -2.26. The number of imide groups is 1. The van der Waals surface area contributed by atoms with Crippen LogP contribution in [0.3, 0.4) is 0 Å². The molecule has 1 aliphatic heterocycles. The first kappa shape index (κ1) is 20.8. The van der Waals surface area contributed by atoms with Gasteiger partial charge in [0.05, 0.1) is 5.25 Å². The molecule has 2 unspecified atom stereocenters. The van der Waals surface area contributed by atoms with Gasteiger partial charge in [0.25, 0.3) is 5.24 Å². The van der Waals surface area contributed by atoms with Gasteiger partial charge >= 0.3 is 0 Å². The predicted octanol–water partition coefficient (Wildman–Crippen LogP) is 5.08. The molecule has 164 valence electrons. The van der Waals surface area contributed by atoms with Gasteiger partial charge in [-0.3, -0.25) is 14.9 Å². The first-order valence-electron chi connectivity index (χ1n) is 10.8. The molecule has 6 nitrogen and oxygen atoms in total. The van der Waals surface area contributed by atoms with Crippen molar-refractivity contribution in [3.8, 4) is 17.2 Å². The minimum atomic E-state index is -0.247. The zero-order chi connectivity index (χ0) is 22.1. The van der Waals surface area contributed by atoms with E-state index in [1.807, 2.05) is 43.3 Å². The van der Waals surface area contributed by atoms with Crippen molar-refractivity contribution >= 4 is 22.9 Å². The van der Waals surface area contributed by atoms with E-state index in [2.05, 4.69) is 22.4 Å². The topological polar surface area (TPSA) is 81.4 Å². The van der Waals surface area contributed by atoms with E-state index in [9.17, 15) is 9.59 Å². The zero-order valence-corrected chi connectivity index (χ0v) is 18.6. The number of thioether (sulfide) groups is 1. The summed E-state index contributed by atoms with van der Waals surface area (Å²) in [5, 5.41) is 1.91. The SMILES string of the molecule is Cc1oc(-c2ccccc2)nc1COc1ccc2c(c1)CCC(CC1SC(=O)NC1=O)C2. The fourth-order valence-electron chi connectivity index (χ4n) is 4.37. The molecule has 2 amide bonds. The molecule has 1 saturated heterocycles. The molecule has 0 bridgehead atoms. The average molecular weight is 449 g/mol. The number of ether oxygens (including phenoxy) is 1. The van der Waals surface area contributed by atoms with Gasteiger partial charge in [-0.25, -0.2) is 4.98 Å². The van der Waals surface area contributed by atoms with Crippen molar-refractivity contribution in [2.24, 2.45) is 5.92 Å². The van der Waals surface area contributed by atoms with Crippen LogP contribution >= 0.6 is 11.8 Å². The number of aryl methyl sites for hydroxylation is 2. The van der Waals surface area contributed by atoms with Crippen LogP contribution in [0.25, 0.3) is 11.5 Å². The van der Waals surface area contributed by atoms with Crippen molar-refractivity contribution in [2.45, 2.75) is 44.5 Å². The molecule has 7 heteroatoms. The van der Waals surface area contributed by atoms with Gasteiger partial charge < -0.3 is 9.15 Å². The number of hydrogen-bond donors (Lipinski definition) is 1. The highest BCUT2D eigenvalue weighted by atomic mass is 32.2. The van der Waals surface area contributed by atoms with Crippen molar-refractivity contribution in [3.63, 3.8) is 0 Å². The van der Waals surface area contributed by atoms with E-state index in [1.165, 1.54) is 11.1 Å². The van der Waals surface area contributed by atoms with Crippen molar-refractivity contribution in [2.75, 3.05) is 0 Å². The molecule has 3 aromatic rings. The number of nitrogens with zero attached hydrogens (tertiary/aromatic N) is 1. The molecule has 2 heterocycles. The highest BCUT2D eigenvalue weighted by Crippen LogP contribution is 2.34. The summed E-state index contributed by atoms with van der Waals surface area (Å²) in [6.45, 7) is 2.26. The molecule has 1 N–H and O–H groups in total. The molecule has 2 aliphatic rings. The monoisotopic (exact) mass is 448 g/mol. The van der Waals surface area contributed by atoms with Crippen LogP contribution in [0, 0.1) is 12.8 Å². The Morgan fingerprint density at radius 2 is 2.00 bits per heavy atom. The van der Waals surface area contributed by atoms with Crippen LogP contribution in [-0.4, -0.2) is 21.4 Å². The van der Waals surface area contributed by atoms with E-state index in [1.54, 1.807) is 0 Å². The minimum Gasteiger partial charge on any atom is -0.487 e. The smallest absolute Gasteiger partial charge is 0.286 e. The number of hydrogen-bond acceptors (Lipinski definition) is 6. The number of rotatable bonds is 6. The number of benzene rings is 2. The molecule has 0 radical (unpaired) electrons. The summed E-state index contributed by atoms with van der Waals surface area (Å²) in [6.07, 6.45) is 3.63. The van der Waals surface area contributed by atoms with Crippen LogP contribution < -0.4 is 10.1 Å². The third-order valence-electron chi connectivity index (χ3n) is 6.11. The van der Waals surface area contributed by atoms with E-state index in [0.717, 1.165) is 60.2 Å². The molecule has 2 aromatic carbocycles. The highest BCUT2D eigenvalue weighted by Gasteiger charge is 2.34. The molecule has 1 aromatic heterocycles. The third kappa shape index (κ3) is 4.43. The average Bonchev–Trinajstić information content (AvgIpc) is 3.33. The Labute approximate surface area is 190 Å². The Bertz CT molecular complexity index is 1160. The van der Waals surface area contributed by atoms with E-state index in [-0.39, 0.29) is 16.4 Å². The van der Waals surface area contributed by atoms with Gasteiger partial charge in [-0.05, 0) is 73.9 Å². The number of fused-ring (bicyclic) bond motifs is 1. The normalized spacial score (nSPS) is 20.2. The molecule has 0 spiro atoms. The Kier molecular flexibility index (Phi) is 5.74. The Morgan fingerprint density at radius 1 is 1.16 bits per heavy atom. The fraction of sp³-hybridized carbons (Fsp3) is 0.320. The lowest BCUT2D eigenvalue weighted by Crippen LogP contribution is -2.27. The maximum absolute atomic E-state index is 11.9. The van der Waals surface area contributed by atoms with Crippen molar-refractivity contribution in [1.29, 1.82) is 0 Å². The standard InChI is InChI=1S/C25H24N2O4S/c1-15-21(26-24(31-15)17-5-3-2-4-6-17)14-30-20-10-9-18-11-16(7-8-19(18)13-20)12-22-23(28)27-25(29)32-22/h2-6,9-10,13,16,22H,7-8,11-12,14H2,1H3,(H,27,28,29). The van der Waals surface area contributed by atoms with Crippen LogP contribution in [0.1, 0.15) is 35.4 Å². The van der Waals surface area contributed by atoms with E-state index < -0.39 is 0 Å². The summed E-state index contributed by atoms with van der Waals surface area (Å²) < 4.78 is 11.9. The number of oxazole rings is 1. The zero-order valence-electron chi connectivity index (χ0n) is 17.8. The van der Waals surface area contributed by atoms with Crippen LogP contribution in [0.5, 0.6) is 5.75 Å². The van der Waals surface area contributed by atoms with Crippen LogP contribution in [-0.2, 0) is 24.2 Å². The van der Waals surface area contributed by atoms with E-state index in [0.29, 0.717) is 18.4 Å². The first-order chi connectivity index (χ1) is 15.5. The van der Waals surface area contributed by atoms with Gasteiger partial charge in [-0.1, -0.05) is 36.0 Å². The Hall–Kier alpha value is -3.06. The van der Waals surface area contributed by atoms with Crippen molar-refractivity contribution in [1.82, 2.24) is 10.3 Å². The number of nitrogens with one attached hydrogen (secondary N) is 1. The maximum Gasteiger partial charge on any atom is 0.286 e. The van der Waals surface area contributed by atoms with Gasteiger partial charge in [0.15, 0.2) is 0 Å². The summed E-state index contributed by atoms with van der Waals surface area (Å²) in [6, 6.07) is 16.1. The maximum atomic E-state index is 11.9. The highest BCUT2D eigenvalue weighted by molar-refractivity contribution is 8.15. The second-order valence-corrected chi connectivity index (χ2v) is 9.51. The van der Waals surface area contributed by atoms with Crippen LogP contribution in [0.15, 0.2) is 52.9 Å². The van der Waals surface area contributed by atoms with Crippen LogP contribution in [0.4, 0.5) is 4.79 Å². The first-order valence-corrected chi connectivity index (χ1v) is 11.7. The summed E-state index contributed by atoms with van der Waals surface area (Å²) in [7, 11) is 0. The largest absolute Gasteiger partial charge is 0.487 e. The molecule has 5 rings (SSSR count). The summed E-state index contributed by atoms with van der Waals surface area (Å²) in [5.41, 5.74) is 4.33. The van der Waals surface area contributed by atoms with E-state index >= 15 is 0 Å². The lowest BCUT2D eigenvalue weighted by atomic mass is 9.81. The number of amides is 2. The summed E-state index contributed by atoms with van der Waals surface area (Å²) >= 11 is 1.12. The van der Waals surface area contributed by atoms with Gasteiger partial charge in [-0.2, -0.15) is 0 Å². The van der Waals surface area contributed by atoms with Gasteiger partial charge in [0.2, 0.25) is 11.8 Å². The van der Waals surface area contributed by atoms with Crippen molar-refractivity contribution < 1.29 is 18.7 Å². The molecule has 32 heavy (non-hydrogen) atoms. The second-order valence-electron chi connectivity index (χ2n) is 8.33. The predicted molar refractivity (Wildman–Crippen MR) is 122 cm³/mol.